The molecule has 1 amide bonds. The number of aliphatic hydroxyl groups excluding tert-OH is 2. The van der Waals surface area contributed by atoms with Crippen molar-refractivity contribution in [1.82, 2.24) is 14.9 Å². The summed E-state index contributed by atoms with van der Waals surface area (Å²) in [5, 5.41) is 32.9. The van der Waals surface area contributed by atoms with Crippen LogP contribution in [0.4, 0.5) is 4.39 Å². The fraction of sp³-hybridized carbons (Fsp3) is 0.324. The number of carboxylic acids is 1. The number of aliphatic carboxylic acids is 1. The molecule has 4 rings (SSSR count). The van der Waals surface area contributed by atoms with Crippen molar-refractivity contribution in [2.45, 2.75) is 64.2 Å². The van der Waals surface area contributed by atoms with E-state index in [1.165, 1.54) is 12.1 Å². The Bertz CT molecular complexity index is 1500. The van der Waals surface area contributed by atoms with Gasteiger partial charge in [0.25, 0.3) is 5.91 Å². The van der Waals surface area contributed by atoms with Crippen LogP contribution in [-0.4, -0.2) is 55.5 Å². The number of nitrogens with one attached hydrogen (secondary N) is 1. The Labute approximate surface area is 250 Å². The van der Waals surface area contributed by atoms with Gasteiger partial charge < -0.3 is 25.2 Å². The lowest BCUT2D eigenvalue weighted by molar-refractivity contribution is -0.139. The van der Waals surface area contributed by atoms with E-state index in [9.17, 15) is 24.2 Å². The number of aromatic nitrogens is 2. The first kappa shape index (κ1) is 31.6. The molecule has 0 bridgehead atoms. The van der Waals surface area contributed by atoms with Crippen LogP contribution in [0.15, 0.2) is 79.1 Å². The second kappa shape index (κ2) is 14.7. The summed E-state index contributed by atoms with van der Waals surface area (Å²) in [6.07, 6.45) is 1.92. The van der Waals surface area contributed by atoms with Crippen LogP contribution >= 0.6 is 0 Å². The molecule has 0 saturated carbocycles. The quantitative estimate of drug-likeness (QED) is 0.156. The van der Waals surface area contributed by atoms with Gasteiger partial charge in [0.15, 0.2) is 0 Å². The van der Waals surface area contributed by atoms with Gasteiger partial charge in [-0.3, -0.25) is 14.6 Å². The van der Waals surface area contributed by atoms with Gasteiger partial charge >= 0.3 is 5.97 Å². The summed E-state index contributed by atoms with van der Waals surface area (Å²) in [5.41, 5.74) is 5.24. The summed E-state index contributed by atoms with van der Waals surface area (Å²) in [7, 11) is 0. The summed E-state index contributed by atoms with van der Waals surface area (Å²) >= 11 is 0. The number of benzene rings is 2. The Morgan fingerprint density at radius 3 is 2.23 bits per heavy atom. The summed E-state index contributed by atoms with van der Waals surface area (Å²) in [6.45, 7) is 4.35. The number of pyridine rings is 1. The van der Waals surface area contributed by atoms with Crippen LogP contribution in [0.25, 0.3) is 22.3 Å². The molecule has 2 atom stereocenters. The average molecular weight is 588 g/mol. The summed E-state index contributed by atoms with van der Waals surface area (Å²) in [4.78, 5) is 29.2. The second-order valence-corrected chi connectivity index (χ2v) is 10.9. The van der Waals surface area contributed by atoms with Crippen LogP contribution in [0.2, 0.25) is 0 Å². The number of halogens is 1. The lowest BCUT2D eigenvalue weighted by Gasteiger charge is -2.20. The minimum atomic E-state index is -1.18. The predicted octanol–water partition coefficient (Wildman–Crippen LogP) is 5.43. The van der Waals surface area contributed by atoms with Gasteiger partial charge in [-0.25, -0.2) is 4.39 Å². The van der Waals surface area contributed by atoms with Crippen molar-refractivity contribution in [3.8, 4) is 22.3 Å². The number of carbonyl (C=O) groups excluding carboxylic acids is 1. The molecule has 9 heteroatoms. The van der Waals surface area contributed by atoms with Gasteiger partial charge in [-0.15, -0.1) is 0 Å². The largest absolute Gasteiger partial charge is 0.481 e. The molecule has 2 aromatic carbocycles. The van der Waals surface area contributed by atoms with Crippen molar-refractivity contribution in [2.24, 2.45) is 0 Å². The molecular formula is C34H38FN3O5. The normalized spacial score (nSPS) is 12.7. The molecule has 4 N–H and O–H groups in total. The maximum atomic E-state index is 14.0. The number of nitrogens with zero attached hydrogens (tertiary/aromatic N) is 2. The molecule has 0 aliphatic rings. The maximum Gasteiger partial charge on any atom is 0.305 e. The van der Waals surface area contributed by atoms with Crippen LogP contribution in [-0.2, 0) is 17.6 Å². The molecule has 0 radical (unpaired) electrons. The van der Waals surface area contributed by atoms with E-state index >= 15 is 0 Å². The molecule has 2 heterocycles. The van der Waals surface area contributed by atoms with Crippen LogP contribution < -0.4 is 5.32 Å². The van der Waals surface area contributed by atoms with Gasteiger partial charge in [0.1, 0.15) is 11.5 Å². The van der Waals surface area contributed by atoms with Crippen LogP contribution in [0.1, 0.15) is 60.9 Å². The Morgan fingerprint density at radius 1 is 0.907 bits per heavy atom. The van der Waals surface area contributed by atoms with E-state index in [1.807, 2.05) is 60.9 Å². The first-order valence-corrected chi connectivity index (χ1v) is 14.5. The number of amides is 1. The molecule has 0 aliphatic heterocycles. The number of aliphatic hydroxyl groups is 2. The third-order valence-corrected chi connectivity index (χ3v) is 7.32. The molecule has 0 aliphatic carbocycles. The summed E-state index contributed by atoms with van der Waals surface area (Å²) < 4.78 is 16.0. The van der Waals surface area contributed by atoms with Crippen molar-refractivity contribution >= 4 is 11.9 Å². The number of hydrogen-bond acceptors (Lipinski definition) is 5. The molecule has 8 nitrogen and oxygen atoms in total. The molecule has 226 valence electrons. The highest BCUT2D eigenvalue weighted by Gasteiger charge is 2.30. The zero-order valence-electron chi connectivity index (χ0n) is 24.4. The van der Waals surface area contributed by atoms with Crippen molar-refractivity contribution in [1.29, 1.82) is 0 Å². The number of hydrogen-bond donors (Lipinski definition) is 4. The summed E-state index contributed by atoms with van der Waals surface area (Å²) in [6, 6.07) is 19.3. The van der Waals surface area contributed by atoms with E-state index < -0.39 is 24.6 Å². The van der Waals surface area contributed by atoms with E-state index in [-0.39, 0.29) is 30.6 Å². The monoisotopic (exact) mass is 587 g/mol. The van der Waals surface area contributed by atoms with Crippen molar-refractivity contribution in [3.05, 3.63) is 102 Å². The third kappa shape index (κ3) is 8.15. The minimum Gasteiger partial charge on any atom is -0.481 e. The average Bonchev–Trinajstić information content (AvgIpc) is 3.32. The topological polar surface area (TPSA) is 125 Å². The molecule has 4 aromatic rings. The molecular weight excluding hydrogens is 549 g/mol. The Kier molecular flexibility index (Phi) is 10.8. The lowest BCUT2D eigenvalue weighted by atomic mass is 9.92. The minimum absolute atomic E-state index is 0.0895. The highest BCUT2D eigenvalue weighted by atomic mass is 19.1. The van der Waals surface area contributed by atoms with Gasteiger partial charge in [0.05, 0.1) is 18.6 Å². The van der Waals surface area contributed by atoms with Crippen LogP contribution in [0, 0.1) is 5.82 Å². The Balaban J connectivity index is 1.81. The van der Waals surface area contributed by atoms with E-state index in [1.54, 1.807) is 24.5 Å². The first-order valence-electron chi connectivity index (χ1n) is 14.5. The standard InChI is InChI=1S/C34H38FN3O5/c1-22(2)38-29(15-14-27(39)19-28(40)20-30(41)42)31(25-10-12-26(35)13-11-25)32(24-8-4-3-5-9-24)33(38)34(43)37-18-16-23-7-6-17-36-21-23/h3-13,17,21-22,27-28,39-40H,14-16,18-20H2,1-2H3,(H,37,43)(H,41,42)/t27-,28-/m1/s1. The predicted molar refractivity (Wildman–Crippen MR) is 163 cm³/mol. The van der Waals surface area contributed by atoms with Gasteiger partial charge in [-0.2, -0.15) is 0 Å². The van der Waals surface area contributed by atoms with Crippen molar-refractivity contribution in [3.63, 3.8) is 0 Å². The fourth-order valence-electron chi connectivity index (χ4n) is 5.46. The number of carboxylic acid groups (broad SMARTS) is 1. The van der Waals surface area contributed by atoms with Crippen LogP contribution in [0.3, 0.4) is 0 Å². The first-order chi connectivity index (χ1) is 20.7. The highest BCUT2D eigenvalue weighted by molar-refractivity contribution is 6.05. The van der Waals surface area contributed by atoms with Gasteiger partial charge in [-0.1, -0.05) is 48.5 Å². The van der Waals surface area contributed by atoms with E-state index in [2.05, 4.69) is 10.3 Å². The zero-order valence-corrected chi connectivity index (χ0v) is 24.4. The lowest BCUT2D eigenvalue weighted by Crippen LogP contribution is -2.29. The smallest absolute Gasteiger partial charge is 0.305 e. The van der Waals surface area contributed by atoms with Crippen molar-refractivity contribution in [2.75, 3.05) is 6.54 Å². The Morgan fingerprint density at radius 2 is 1.60 bits per heavy atom. The highest BCUT2D eigenvalue weighted by Crippen LogP contribution is 2.42. The Hall–Kier alpha value is -4.34. The van der Waals surface area contributed by atoms with E-state index in [0.29, 0.717) is 30.6 Å². The SMILES string of the molecule is CC(C)n1c(CC[C@@H](O)C[C@@H](O)CC(=O)O)c(-c2ccc(F)cc2)c(-c2ccccc2)c1C(=O)NCCc1cccnc1. The van der Waals surface area contributed by atoms with Crippen LogP contribution in [0.5, 0.6) is 0 Å². The molecule has 0 unspecified atom stereocenters. The molecule has 2 aromatic heterocycles. The van der Waals surface area contributed by atoms with Crippen molar-refractivity contribution < 1.29 is 29.3 Å². The zero-order chi connectivity index (χ0) is 30.9. The third-order valence-electron chi connectivity index (χ3n) is 7.32. The summed E-state index contributed by atoms with van der Waals surface area (Å²) in [5.74, 6) is -1.78. The maximum absolute atomic E-state index is 14.0. The number of carbonyl (C=O) groups is 2. The van der Waals surface area contributed by atoms with E-state index in [4.69, 9.17) is 5.11 Å². The van der Waals surface area contributed by atoms with Gasteiger partial charge in [0.2, 0.25) is 0 Å². The fourth-order valence-corrected chi connectivity index (χ4v) is 5.46. The van der Waals surface area contributed by atoms with E-state index in [0.717, 1.165) is 27.9 Å². The molecule has 43 heavy (non-hydrogen) atoms. The molecule has 0 saturated heterocycles. The second-order valence-electron chi connectivity index (χ2n) is 10.9. The molecule has 0 fully saturated rings. The number of rotatable bonds is 14. The van der Waals surface area contributed by atoms with Gasteiger partial charge in [0, 0.05) is 41.8 Å². The molecule has 0 spiro atoms. The van der Waals surface area contributed by atoms with Gasteiger partial charge in [-0.05, 0) is 74.4 Å².